The van der Waals surface area contributed by atoms with Crippen LogP contribution < -0.4 is 4.90 Å². The maximum Gasteiger partial charge on any atom is 0.228 e. The second-order valence-corrected chi connectivity index (χ2v) is 5.51. The fourth-order valence-corrected chi connectivity index (χ4v) is 3.11. The van der Waals surface area contributed by atoms with Gasteiger partial charge in [0, 0.05) is 17.2 Å². The molecule has 1 unspecified atom stereocenters. The monoisotopic (exact) mass is 282 g/mol. The number of rotatable bonds is 3. The van der Waals surface area contributed by atoms with E-state index < -0.39 is 0 Å². The van der Waals surface area contributed by atoms with Gasteiger partial charge < -0.3 is 4.90 Å². The Morgan fingerprint density at radius 2 is 2.05 bits per heavy atom. The van der Waals surface area contributed by atoms with E-state index in [0.717, 1.165) is 24.2 Å². The van der Waals surface area contributed by atoms with Crippen LogP contribution in [0.25, 0.3) is 0 Å². The van der Waals surface area contributed by atoms with Gasteiger partial charge in [0.1, 0.15) is 6.04 Å². The van der Waals surface area contributed by atoms with Crippen LogP contribution in [0.15, 0.2) is 48.5 Å². The Morgan fingerprint density at radius 3 is 2.81 bits per heavy atom. The predicted molar refractivity (Wildman–Crippen MR) is 83.3 cm³/mol. The van der Waals surface area contributed by atoms with Crippen molar-refractivity contribution in [1.82, 2.24) is 0 Å². The summed E-state index contributed by atoms with van der Waals surface area (Å²) < 4.78 is 0. The molecule has 0 aliphatic carbocycles. The summed E-state index contributed by atoms with van der Waals surface area (Å²) in [6.07, 6.45) is 0.929. The smallest absolute Gasteiger partial charge is 0.228 e. The minimum Gasteiger partial charge on any atom is -0.358 e. The highest BCUT2D eigenvalue weighted by molar-refractivity contribution is 5.53. The van der Waals surface area contributed by atoms with Crippen molar-refractivity contribution in [2.45, 2.75) is 19.4 Å². The van der Waals surface area contributed by atoms with Gasteiger partial charge >= 0.3 is 0 Å². The molecule has 2 aromatic rings. The van der Waals surface area contributed by atoms with Crippen LogP contribution >= 0.6 is 0 Å². The number of hydrogen-bond acceptors (Lipinski definition) is 3. The van der Waals surface area contributed by atoms with E-state index in [2.05, 4.69) is 17.0 Å². The lowest BCUT2D eigenvalue weighted by molar-refractivity contribution is -0.483. The van der Waals surface area contributed by atoms with E-state index in [1.54, 1.807) is 0 Å². The van der Waals surface area contributed by atoms with Crippen LogP contribution in [0.2, 0.25) is 0 Å². The van der Waals surface area contributed by atoms with Crippen molar-refractivity contribution < 1.29 is 4.92 Å². The predicted octanol–water partition coefficient (Wildman–Crippen LogP) is 3.38. The summed E-state index contributed by atoms with van der Waals surface area (Å²) in [5.41, 5.74) is 4.55. The van der Waals surface area contributed by atoms with Crippen molar-refractivity contribution in [3.8, 4) is 0 Å². The molecule has 2 aromatic carbocycles. The normalized spacial score (nSPS) is 17.4. The standard InChI is InChI=1S/C17H18N2O2/c1-13-5-4-7-15(11-13)18-10-9-14-6-2-3-8-16(14)17(18)12-19(20)21/h2-8,11,17H,9-10,12H2,1H3. The number of nitro groups is 1. The van der Waals surface area contributed by atoms with E-state index in [1.807, 2.05) is 43.3 Å². The summed E-state index contributed by atoms with van der Waals surface area (Å²) >= 11 is 0. The van der Waals surface area contributed by atoms with Crippen molar-refractivity contribution in [3.63, 3.8) is 0 Å². The third kappa shape index (κ3) is 2.75. The molecule has 21 heavy (non-hydrogen) atoms. The van der Waals surface area contributed by atoms with Gasteiger partial charge in [-0.1, -0.05) is 36.4 Å². The highest BCUT2D eigenvalue weighted by atomic mass is 16.6. The highest BCUT2D eigenvalue weighted by Gasteiger charge is 2.31. The Hall–Kier alpha value is -2.36. The second kappa shape index (κ2) is 5.56. The van der Waals surface area contributed by atoms with E-state index in [-0.39, 0.29) is 17.5 Å². The average molecular weight is 282 g/mol. The lowest BCUT2D eigenvalue weighted by Crippen LogP contribution is -2.39. The largest absolute Gasteiger partial charge is 0.358 e. The van der Waals surface area contributed by atoms with E-state index in [9.17, 15) is 10.1 Å². The molecule has 1 atom stereocenters. The van der Waals surface area contributed by atoms with Gasteiger partial charge in [-0.15, -0.1) is 0 Å². The van der Waals surface area contributed by atoms with Gasteiger partial charge in [0.2, 0.25) is 6.54 Å². The van der Waals surface area contributed by atoms with Crippen LogP contribution in [0.4, 0.5) is 5.69 Å². The van der Waals surface area contributed by atoms with Gasteiger partial charge in [0.05, 0.1) is 0 Å². The van der Waals surface area contributed by atoms with Crippen LogP contribution in [0.5, 0.6) is 0 Å². The molecule has 0 radical (unpaired) electrons. The zero-order chi connectivity index (χ0) is 14.8. The Labute approximate surface area is 124 Å². The lowest BCUT2D eigenvalue weighted by atomic mass is 9.92. The van der Waals surface area contributed by atoms with E-state index in [1.165, 1.54) is 11.1 Å². The summed E-state index contributed by atoms with van der Waals surface area (Å²) in [6.45, 7) is 2.80. The molecule has 0 saturated carbocycles. The Kier molecular flexibility index (Phi) is 3.60. The van der Waals surface area contributed by atoms with Gasteiger partial charge in [-0.05, 0) is 42.2 Å². The summed E-state index contributed by atoms with van der Waals surface area (Å²) in [5, 5.41) is 11.1. The van der Waals surface area contributed by atoms with Crippen molar-refractivity contribution >= 4 is 5.69 Å². The molecule has 0 aromatic heterocycles. The molecule has 4 heteroatoms. The van der Waals surface area contributed by atoms with E-state index in [4.69, 9.17) is 0 Å². The van der Waals surface area contributed by atoms with E-state index in [0.29, 0.717) is 0 Å². The van der Waals surface area contributed by atoms with Gasteiger partial charge in [-0.25, -0.2) is 0 Å². The average Bonchev–Trinajstić information content (AvgIpc) is 2.47. The zero-order valence-corrected chi connectivity index (χ0v) is 12.0. The van der Waals surface area contributed by atoms with Gasteiger partial charge in [-0.2, -0.15) is 0 Å². The number of hydrogen-bond donors (Lipinski definition) is 0. The maximum absolute atomic E-state index is 11.1. The third-order valence-electron chi connectivity index (χ3n) is 4.07. The van der Waals surface area contributed by atoms with Crippen LogP contribution in [0.3, 0.4) is 0 Å². The molecule has 3 rings (SSSR count). The fourth-order valence-electron chi connectivity index (χ4n) is 3.11. The number of benzene rings is 2. The minimum atomic E-state index is -0.213. The first-order valence-corrected chi connectivity index (χ1v) is 7.18. The molecule has 108 valence electrons. The number of nitrogens with zero attached hydrogens (tertiary/aromatic N) is 2. The van der Waals surface area contributed by atoms with Crippen LogP contribution in [-0.2, 0) is 6.42 Å². The fraction of sp³-hybridized carbons (Fsp3) is 0.294. The summed E-state index contributed by atoms with van der Waals surface area (Å²) in [5.74, 6) is 0. The van der Waals surface area contributed by atoms with Crippen molar-refractivity contribution in [2.75, 3.05) is 18.0 Å². The first kappa shape index (κ1) is 13.6. The quantitative estimate of drug-likeness (QED) is 0.640. The molecule has 0 fully saturated rings. The van der Waals surface area contributed by atoms with E-state index >= 15 is 0 Å². The van der Waals surface area contributed by atoms with Crippen LogP contribution in [-0.4, -0.2) is 18.0 Å². The van der Waals surface area contributed by atoms with Crippen molar-refractivity contribution in [2.24, 2.45) is 0 Å². The number of aryl methyl sites for hydroxylation is 1. The van der Waals surface area contributed by atoms with Crippen molar-refractivity contribution in [3.05, 3.63) is 75.3 Å². The van der Waals surface area contributed by atoms with Crippen LogP contribution in [0, 0.1) is 17.0 Å². The lowest BCUT2D eigenvalue weighted by Gasteiger charge is -2.37. The minimum absolute atomic E-state index is 0.0645. The highest BCUT2D eigenvalue weighted by Crippen LogP contribution is 2.34. The Morgan fingerprint density at radius 1 is 1.24 bits per heavy atom. The molecular formula is C17H18N2O2. The second-order valence-electron chi connectivity index (χ2n) is 5.51. The van der Waals surface area contributed by atoms with Crippen molar-refractivity contribution in [1.29, 1.82) is 0 Å². The summed E-state index contributed by atoms with van der Waals surface area (Å²) in [4.78, 5) is 13.1. The Balaban J connectivity index is 2.02. The molecule has 1 heterocycles. The first-order valence-electron chi connectivity index (χ1n) is 7.18. The van der Waals surface area contributed by atoms with Crippen LogP contribution in [0.1, 0.15) is 22.7 Å². The molecule has 0 saturated heterocycles. The number of fused-ring (bicyclic) bond motifs is 1. The van der Waals surface area contributed by atoms with Gasteiger partial charge in [0.15, 0.2) is 0 Å². The molecule has 1 aliphatic heterocycles. The SMILES string of the molecule is Cc1cccc(N2CCc3ccccc3C2C[N+](=O)[O-])c1. The topological polar surface area (TPSA) is 46.4 Å². The maximum atomic E-state index is 11.1. The van der Waals surface area contributed by atoms with Gasteiger partial charge in [-0.3, -0.25) is 10.1 Å². The first-order chi connectivity index (χ1) is 10.1. The zero-order valence-electron chi connectivity index (χ0n) is 12.0. The molecule has 0 bridgehead atoms. The molecule has 0 amide bonds. The van der Waals surface area contributed by atoms with Gasteiger partial charge in [0.25, 0.3) is 0 Å². The summed E-state index contributed by atoms with van der Waals surface area (Å²) in [7, 11) is 0. The number of anilines is 1. The molecule has 0 N–H and O–H groups in total. The Bertz CT molecular complexity index is 669. The molecular weight excluding hydrogens is 264 g/mol. The molecule has 1 aliphatic rings. The molecule has 4 nitrogen and oxygen atoms in total. The summed E-state index contributed by atoms with van der Waals surface area (Å²) in [6, 6.07) is 16.1. The molecule has 0 spiro atoms. The third-order valence-corrected chi connectivity index (χ3v) is 4.07.